The van der Waals surface area contributed by atoms with Crippen molar-refractivity contribution in [1.82, 2.24) is 15.0 Å². The van der Waals surface area contributed by atoms with E-state index in [1.807, 2.05) is 6.92 Å². The molecule has 0 radical (unpaired) electrons. The van der Waals surface area contributed by atoms with E-state index in [-0.39, 0.29) is 11.3 Å². The molecule has 2 aromatic rings. The smallest absolute Gasteiger partial charge is 0.335 e. The van der Waals surface area contributed by atoms with Crippen LogP contribution in [0.1, 0.15) is 17.3 Å². The number of carboxylic acid groups (broad SMARTS) is 1. The third-order valence-corrected chi connectivity index (χ3v) is 2.15. The summed E-state index contributed by atoms with van der Waals surface area (Å²) in [7, 11) is 0. The maximum Gasteiger partial charge on any atom is 0.335 e. The maximum absolute atomic E-state index is 10.8. The van der Waals surface area contributed by atoms with Crippen LogP contribution in [0.15, 0.2) is 12.1 Å². The molecule has 15 heavy (non-hydrogen) atoms. The molecule has 78 valence electrons. The molecule has 0 spiro atoms. The van der Waals surface area contributed by atoms with Gasteiger partial charge in [0.2, 0.25) is 0 Å². The Kier molecular flexibility index (Phi) is 2.03. The van der Waals surface area contributed by atoms with Crippen molar-refractivity contribution in [3.8, 4) is 5.75 Å². The van der Waals surface area contributed by atoms with Gasteiger partial charge in [0, 0.05) is 6.54 Å². The number of fused-ring (bicyclic) bond motifs is 1. The molecule has 0 atom stereocenters. The molecule has 0 aliphatic carbocycles. The summed E-state index contributed by atoms with van der Waals surface area (Å²) in [5.74, 6) is -1.25. The molecule has 1 aromatic heterocycles. The summed E-state index contributed by atoms with van der Waals surface area (Å²) < 4.78 is 1.53. The summed E-state index contributed by atoms with van der Waals surface area (Å²) in [5.41, 5.74) is 0.869. The number of hydrogen-bond acceptors (Lipinski definition) is 4. The Morgan fingerprint density at radius 2 is 2.27 bits per heavy atom. The van der Waals surface area contributed by atoms with E-state index in [0.717, 1.165) is 0 Å². The Balaban J connectivity index is 2.77. The second-order valence-corrected chi connectivity index (χ2v) is 3.07. The maximum atomic E-state index is 10.8. The molecule has 0 aliphatic rings. The Morgan fingerprint density at radius 3 is 2.87 bits per heavy atom. The van der Waals surface area contributed by atoms with Crippen LogP contribution in [0.3, 0.4) is 0 Å². The van der Waals surface area contributed by atoms with Crippen molar-refractivity contribution < 1.29 is 15.0 Å². The number of aryl methyl sites for hydroxylation is 1. The van der Waals surface area contributed by atoms with Gasteiger partial charge in [-0.3, -0.25) is 0 Å². The third-order valence-electron chi connectivity index (χ3n) is 2.15. The molecular weight excluding hydrogens is 198 g/mol. The van der Waals surface area contributed by atoms with E-state index in [1.54, 1.807) is 0 Å². The number of aromatic hydroxyl groups is 1. The minimum atomic E-state index is -1.09. The lowest BCUT2D eigenvalue weighted by atomic mass is 10.2. The van der Waals surface area contributed by atoms with Crippen LogP contribution in [0.5, 0.6) is 5.75 Å². The van der Waals surface area contributed by atoms with Crippen LogP contribution < -0.4 is 0 Å². The van der Waals surface area contributed by atoms with E-state index >= 15 is 0 Å². The molecule has 6 heteroatoms. The number of hydrogen-bond donors (Lipinski definition) is 2. The first-order chi connectivity index (χ1) is 7.13. The fraction of sp³-hybridized carbons (Fsp3) is 0.222. The van der Waals surface area contributed by atoms with Crippen LogP contribution in [-0.4, -0.2) is 31.2 Å². The standard InChI is InChI=1S/C9H9N3O3/c1-2-12-6-3-5(9(14)15)4-7(13)8(6)10-11-12/h3-4,13H,2H2,1H3,(H,14,15). The fourth-order valence-corrected chi connectivity index (χ4v) is 1.41. The number of phenolic OH excluding ortho intramolecular Hbond substituents is 1. The first-order valence-corrected chi connectivity index (χ1v) is 4.43. The van der Waals surface area contributed by atoms with E-state index < -0.39 is 5.97 Å². The minimum absolute atomic E-state index is 0.0250. The molecule has 0 fully saturated rings. The van der Waals surface area contributed by atoms with Gasteiger partial charge in [-0.2, -0.15) is 0 Å². The SMILES string of the molecule is CCn1nnc2c(O)cc(C(=O)O)cc21. The zero-order valence-corrected chi connectivity index (χ0v) is 8.01. The number of nitrogens with zero attached hydrogens (tertiary/aromatic N) is 3. The Bertz CT molecular complexity index is 533. The first-order valence-electron chi connectivity index (χ1n) is 4.43. The third kappa shape index (κ3) is 1.39. The molecule has 0 saturated carbocycles. The predicted octanol–water partition coefficient (Wildman–Crippen LogP) is 0.855. The number of phenols is 1. The van der Waals surface area contributed by atoms with Gasteiger partial charge in [-0.25, -0.2) is 9.48 Å². The van der Waals surface area contributed by atoms with Gasteiger partial charge >= 0.3 is 5.97 Å². The summed E-state index contributed by atoms with van der Waals surface area (Å²) in [6, 6.07) is 2.61. The van der Waals surface area contributed by atoms with Crippen LogP contribution in [0.2, 0.25) is 0 Å². The van der Waals surface area contributed by atoms with Crippen molar-refractivity contribution in [2.75, 3.05) is 0 Å². The number of aromatic carboxylic acids is 1. The van der Waals surface area contributed by atoms with Crippen LogP contribution in [0, 0.1) is 0 Å². The summed E-state index contributed by atoms with van der Waals surface area (Å²) >= 11 is 0. The Morgan fingerprint density at radius 1 is 1.53 bits per heavy atom. The van der Waals surface area contributed by atoms with Crippen molar-refractivity contribution in [3.05, 3.63) is 17.7 Å². The molecular formula is C9H9N3O3. The molecule has 0 bridgehead atoms. The summed E-state index contributed by atoms with van der Waals surface area (Å²) in [5, 5.41) is 25.9. The van der Waals surface area contributed by atoms with Gasteiger partial charge in [-0.1, -0.05) is 5.21 Å². The zero-order chi connectivity index (χ0) is 11.0. The quantitative estimate of drug-likeness (QED) is 0.762. The Hall–Kier alpha value is -2.11. The Labute approximate surface area is 84.8 Å². The van der Waals surface area contributed by atoms with E-state index in [1.165, 1.54) is 16.8 Å². The number of rotatable bonds is 2. The van der Waals surface area contributed by atoms with E-state index in [2.05, 4.69) is 10.3 Å². The summed E-state index contributed by atoms with van der Waals surface area (Å²) in [4.78, 5) is 10.8. The summed E-state index contributed by atoms with van der Waals surface area (Å²) in [6.07, 6.45) is 0. The van der Waals surface area contributed by atoms with Crippen LogP contribution in [0.25, 0.3) is 11.0 Å². The largest absolute Gasteiger partial charge is 0.506 e. The normalized spacial score (nSPS) is 10.7. The second kappa shape index (κ2) is 3.23. The molecule has 0 unspecified atom stereocenters. The lowest BCUT2D eigenvalue weighted by Crippen LogP contribution is -1.99. The first kappa shape index (κ1) is 9.45. The van der Waals surface area contributed by atoms with Crippen molar-refractivity contribution >= 4 is 17.0 Å². The molecule has 6 nitrogen and oxygen atoms in total. The number of aromatic nitrogens is 3. The van der Waals surface area contributed by atoms with Gasteiger partial charge in [0.25, 0.3) is 0 Å². The highest BCUT2D eigenvalue weighted by Crippen LogP contribution is 2.24. The lowest BCUT2D eigenvalue weighted by Gasteiger charge is -1.99. The van der Waals surface area contributed by atoms with Crippen LogP contribution in [-0.2, 0) is 6.54 Å². The van der Waals surface area contributed by atoms with Gasteiger partial charge in [0.15, 0.2) is 5.52 Å². The van der Waals surface area contributed by atoms with Gasteiger partial charge < -0.3 is 10.2 Å². The van der Waals surface area contributed by atoms with Gasteiger partial charge in [0.05, 0.1) is 11.1 Å². The monoisotopic (exact) mass is 207 g/mol. The topological polar surface area (TPSA) is 88.2 Å². The van der Waals surface area contributed by atoms with Crippen molar-refractivity contribution in [1.29, 1.82) is 0 Å². The van der Waals surface area contributed by atoms with Crippen molar-refractivity contribution in [2.24, 2.45) is 0 Å². The van der Waals surface area contributed by atoms with Gasteiger partial charge in [0.1, 0.15) is 5.75 Å². The number of carbonyl (C=O) groups is 1. The molecule has 1 aromatic carbocycles. The average Bonchev–Trinajstić information content (AvgIpc) is 2.60. The highest BCUT2D eigenvalue weighted by Gasteiger charge is 2.13. The molecule has 0 saturated heterocycles. The predicted molar refractivity (Wildman–Crippen MR) is 51.8 cm³/mol. The van der Waals surface area contributed by atoms with Crippen LogP contribution >= 0.6 is 0 Å². The van der Waals surface area contributed by atoms with Crippen LogP contribution in [0.4, 0.5) is 0 Å². The fourth-order valence-electron chi connectivity index (χ4n) is 1.41. The van der Waals surface area contributed by atoms with E-state index in [9.17, 15) is 9.90 Å². The van der Waals surface area contributed by atoms with Crippen molar-refractivity contribution in [2.45, 2.75) is 13.5 Å². The molecule has 0 amide bonds. The van der Waals surface area contributed by atoms with Gasteiger partial charge in [-0.15, -0.1) is 5.10 Å². The summed E-state index contributed by atoms with van der Waals surface area (Å²) in [6.45, 7) is 2.43. The number of benzene rings is 1. The average molecular weight is 207 g/mol. The van der Waals surface area contributed by atoms with Gasteiger partial charge in [-0.05, 0) is 19.1 Å². The molecule has 2 N–H and O–H groups in total. The molecule has 0 aliphatic heterocycles. The second-order valence-electron chi connectivity index (χ2n) is 3.07. The lowest BCUT2D eigenvalue weighted by molar-refractivity contribution is 0.0696. The zero-order valence-electron chi connectivity index (χ0n) is 8.01. The van der Waals surface area contributed by atoms with E-state index in [0.29, 0.717) is 17.6 Å². The highest BCUT2D eigenvalue weighted by molar-refractivity contribution is 5.94. The molecule has 2 rings (SSSR count). The number of carboxylic acids is 1. The van der Waals surface area contributed by atoms with E-state index in [4.69, 9.17) is 5.11 Å². The molecule has 1 heterocycles. The van der Waals surface area contributed by atoms with Crippen molar-refractivity contribution in [3.63, 3.8) is 0 Å². The minimum Gasteiger partial charge on any atom is -0.506 e. The highest BCUT2D eigenvalue weighted by atomic mass is 16.4.